The van der Waals surface area contributed by atoms with Gasteiger partial charge in [-0.05, 0) is 17.7 Å². The van der Waals surface area contributed by atoms with E-state index < -0.39 is 0 Å². The topological polar surface area (TPSA) is 26.3 Å². The van der Waals surface area contributed by atoms with Crippen LogP contribution in [-0.4, -0.2) is 12.4 Å². The fourth-order valence-corrected chi connectivity index (χ4v) is 1.39. The Bertz CT molecular complexity index is 333. The molecular formula is C9H7ClO2. The zero-order chi connectivity index (χ0) is 8.55. The van der Waals surface area contributed by atoms with Gasteiger partial charge in [-0.3, -0.25) is 4.79 Å². The summed E-state index contributed by atoms with van der Waals surface area (Å²) < 4.78 is 5.15. The van der Waals surface area contributed by atoms with E-state index in [-0.39, 0.29) is 12.4 Å². The van der Waals surface area contributed by atoms with Crippen LogP contribution in [0.25, 0.3) is 0 Å². The van der Waals surface area contributed by atoms with E-state index in [1.807, 2.05) is 12.1 Å². The summed E-state index contributed by atoms with van der Waals surface area (Å²) in [5.74, 6) is 1.16. The second-order valence-corrected chi connectivity index (χ2v) is 2.94. The van der Waals surface area contributed by atoms with Crippen LogP contribution < -0.4 is 4.74 Å². The first-order chi connectivity index (χ1) is 5.81. The minimum absolute atomic E-state index is 0.0473. The van der Waals surface area contributed by atoms with Crippen LogP contribution in [0.3, 0.4) is 0 Å². The van der Waals surface area contributed by atoms with Crippen LogP contribution in [0.15, 0.2) is 18.2 Å². The van der Waals surface area contributed by atoms with Crippen molar-refractivity contribution >= 4 is 17.4 Å². The van der Waals surface area contributed by atoms with Gasteiger partial charge < -0.3 is 4.74 Å². The van der Waals surface area contributed by atoms with E-state index in [1.54, 1.807) is 6.07 Å². The van der Waals surface area contributed by atoms with Gasteiger partial charge in [0.2, 0.25) is 5.78 Å². The molecule has 0 fully saturated rings. The smallest absolute Gasteiger partial charge is 0.203 e. The Hall–Kier alpha value is -1.02. The molecule has 1 aliphatic heterocycles. The number of carbonyl (C=O) groups is 1. The molecule has 2 rings (SSSR count). The summed E-state index contributed by atoms with van der Waals surface area (Å²) >= 11 is 5.62. The fraction of sp³-hybridized carbons (Fsp3) is 0.222. The predicted molar refractivity (Wildman–Crippen MR) is 45.8 cm³/mol. The van der Waals surface area contributed by atoms with Crippen LogP contribution in [0.1, 0.15) is 15.9 Å². The van der Waals surface area contributed by atoms with Crippen LogP contribution in [0.4, 0.5) is 0 Å². The summed E-state index contributed by atoms with van der Waals surface area (Å²) in [6.07, 6.45) is 0. The first-order valence-electron chi connectivity index (χ1n) is 3.66. The van der Waals surface area contributed by atoms with E-state index in [0.717, 1.165) is 5.56 Å². The number of carbonyl (C=O) groups excluding carboxylic acids is 1. The van der Waals surface area contributed by atoms with Crippen LogP contribution in [0, 0.1) is 0 Å². The van der Waals surface area contributed by atoms with E-state index in [1.165, 1.54) is 0 Å². The molecule has 1 aromatic rings. The van der Waals surface area contributed by atoms with Crippen molar-refractivity contribution in [3.8, 4) is 5.75 Å². The van der Waals surface area contributed by atoms with Crippen molar-refractivity contribution in [2.45, 2.75) is 5.88 Å². The molecular weight excluding hydrogens is 176 g/mol. The quantitative estimate of drug-likeness (QED) is 0.621. The summed E-state index contributed by atoms with van der Waals surface area (Å²) in [6.45, 7) is 0.168. The maximum atomic E-state index is 11.1. The van der Waals surface area contributed by atoms with Gasteiger partial charge in [0.05, 0.1) is 5.56 Å². The number of ketones is 1. The van der Waals surface area contributed by atoms with Crippen LogP contribution >= 0.6 is 11.6 Å². The fourth-order valence-electron chi connectivity index (χ4n) is 1.22. The van der Waals surface area contributed by atoms with Crippen molar-refractivity contribution in [2.24, 2.45) is 0 Å². The Balaban J connectivity index is 2.48. The molecule has 0 radical (unpaired) electrons. The molecule has 0 unspecified atom stereocenters. The van der Waals surface area contributed by atoms with Crippen molar-refractivity contribution in [3.05, 3.63) is 29.3 Å². The monoisotopic (exact) mass is 182 g/mol. The van der Waals surface area contributed by atoms with E-state index >= 15 is 0 Å². The normalized spacial score (nSPS) is 14.2. The lowest BCUT2D eigenvalue weighted by atomic mass is 10.1. The third-order valence-corrected chi connectivity index (χ3v) is 2.17. The molecule has 0 N–H and O–H groups in total. The first-order valence-corrected chi connectivity index (χ1v) is 4.19. The third-order valence-electron chi connectivity index (χ3n) is 1.86. The summed E-state index contributed by atoms with van der Waals surface area (Å²) in [5.41, 5.74) is 1.65. The van der Waals surface area contributed by atoms with Gasteiger partial charge >= 0.3 is 0 Å². The highest BCUT2D eigenvalue weighted by atomic mass is 35.5. The lowest BCUT2D eigenvalue weighted by Crippen LogP contribution is -1.98. The molecule has 62 valence electrons. The van der Waals surface area contributed by atoms with Crippen molar-refractivity contribution in [2.75, 3.05) is 6.61 Å². The maximum Gasteiger partial charge on any atom is 0.203 e. The second kappa shape index (κ2) is 2.79. The Labute approximate surface area is 75.1 Å². The summed E-state index contributed by atoms with van der Waals surface area (Å²) in [6, 6.07) is 5.42. The second-order valence-electron chi connectivity index (χ2n) is 2.68. The molecule has 12 heavy (non-hydrogen) atoms. The maximum absolute atomic E-state index is 11.1. The van der Waals surface area contributed by atoms with Gasteiger partial charge in [0.25, 0.3) is 0 Å². The summed E-state index contributed by atoms with van der Waals surface area (Å²) in [7, 11) is 0. The highest BCUT2D eigenvalue weighted by Gasteiger charge is 2.20. The molecule has 0 amide bonds. The molecule has 3 heteroatoms. The van der Waals surface area contributed by atoms with E-state index in [2.05, 4.69) is 0 Å². The standard InChI is InChI=1S/C9H7ClO2/c10-4-6-1-2-7-8(11)5-12-9(7)3-6/h1-3H,4-5H2. The van der Waals surface area contributed by atoms with Gasteiger partial charge in [-0.15, -0.1) is 11.6 Å². The molecule has 0 saturated carbocycles. The van der Waals surface area contributed by atoms with E-state index in [0.29, 0.717) is 17.2 Å². The molecule has 0 bridgehead atoms. The molecule has 1 aliphatic rings. The SMILES string of the molecule is O=C1COc2cc(CCl)ccc21. The van der Waals surface area contributed by atoms with Crippen LogP contribution in [0.2, 0.25) is 0 Å². The Morgan fingerprint density at radius 3 is 3.08 bits per heavy atom. The minimum Gasteiger partial charge on any atom is -0.485 e. The number of ether oxygens (including phenoxy) is 1. The van der Waals surface area contributed by atoms with Gasteiger partial charge in [-0.1, -0.05) is 6.07 Å². The number of alkyl halides is 1. The van der Waals surface area contributed by atoms with Gasteiger partial charge in [0.15, 0.2) is 6.61 Å². The van der Waals surface area contributed by atoms with Crippen molar-refractivity contribution in [1.82, 2.24) is 0 Å². The van der Waals surface area contributed by atoms with E-state index in [4.69, 9.17) is 16.3 Å². The molecule has 1 heterocycles. The zero-order valence-corrected chi connectivity index (χ0v) is 7.10. The number of halogens is 1. The third kappa shape index (κ3) is 1.08. The molecule has 0 atom stereocenters. The van der Waals surface area contributed by atoms with Crippen molar-refractivity contribution in [1.29, 1.82) is 0 Å². The minimum atomic E-state index is 0.0473. The van der Waals surface area contributed by atoms with Gasteiger partial charge in [0, 0.05) is 5.88 Å². The largest absolute Gasteiger partial charge is 0.485 e. The van der Waals surface area contributed by atoms with Crippen molar-refractivity contribution in [3.63, 3.8) is 0 Å². The number of hydrogen-bond donors (Lipinski definition) is 0. The molecule has 2 nitrogen and oxygen atoms in total. The van der Waals surface area contributed by atoms with Gasteiger partial charge in [-0.25, -0.2) is 0 Å². The van der Waals surface area contributed by atoms with Crippen molar-refractivity contribution < 1.29 is 9.53 Å². The molecule has 0 aliphatic carbocycles. The predicted octanol–water partition coefficient (Wildman–Crippen LogP) is 2.00. The lowest BCUT2D eigenvalue weighted by Gasteiger charge is -1.98. The summed E-state index contributed by atoms with van der Waals surface area (Å²) in [5, 5.41) is 0. The molecule has 0 saturated heterocycles. The van der Waals surface area contributed by atoms with Crippen LogP contribution in [0.5, 0.6) is 5.75 Å². The number of hydrogen-bond acceptors (Lipinski definition) is 2. The molecule has 1 aromatic carbocycles. The summed E-state index contributed by atoms with van der Waals surface area (Å²) in [4.78, 5) is 11.1. The highest BCUT2D eigenvalue weighted by molar-refractivity contribution is 6.17. The van der Waals surface area contributed by atoms with Gasteiger partial charge in [0.1, 0.15) is 5.75 Å². The Morgan fingerprint density at radius 1 is 1.50 bits per heavy atom. The van der Waals surface area contributed by atoms with Gasteiger partial charge in [-0.2, -0.15) is 0 Å². The number of benzene rings is 1. The first kappa shape index (κ1) is 7.62. The average molecular weight is 183 g/mol. The number of rotatable bonds is 1. The van der Waals surface area contributed by atoms with Crippen LogP contribution in [-0.2, 0) is 5.88 Å². The Kier molecular flexibility index (Phi) is 1.77. The van der Waals surface area contributed by atoms with E-state index in [9.17, 15) is 4.79 Å². The average Bonchev–Trinajstić information content (AvgIpc) is 2.47. The highest BCUT2D eigenvalue weighted by Crippen LogP contribution is 2.26. The molecule has 0 aromatic heterocycles. The lowest BCUT2D eigenvalue weighted by molar-refractivity contribution is 0.0961. The zero-order valence-electron chi connectivity index (χ0n) is 6.34. The number of fused-ring (bicyclic) bond motifs is 1. The molecule has 0 spiro atoms. The Morgan fingerprint density at radius 2 is 2.33 bits per heavy atom. The number of Topliss-reactive ketones (excluding diaryl/α,β-unsaturated/α-hetero) is 1.